The molecule has 0 radical (unpaired) electrons. The van der Waals surface area contributed by atoms with Gasteiger partial charge in [0.25, 0.3) is 0 Å². The van der Waals surface area contributed by atoms with Crippen molar-refractivity contribution in [1.82, 2.24) is 59.8 Å². The van der Waals surface area contributed by atoms with Crippen LogP contribution >= 0.6 is 0 Å². The summed E-state index contributed by atoms with van der Waals surface area (Å²) in [6.45, 7) is 1.49. The minimum Gasteiger partial charge on any atom is -0.488 e. The molecule has 12 atom stereocenters. The standard InChI is InChI=1S/C31H22F4N4O9.C31H23F3N4O9.C30H21F3N4O10/c1-16(17-6-2-10-36-24(17)32)45-15-31(43)23(47-30(42)20-9-5-13-39-27(20)35)22(46-29(41)19-8-4-12-38-26(19)34)21(48-31)14-44-28(40)18-7-3-11-37-25(18)33;1-17(19-7-3-11-36-25(19)32)44-16-31(42)24(46-30(41)21-9-5-13-38-27(21)34)23(45-29(40)20-8-4-12-37-26(20)33)22(47-31)15-43-28(39)18-6-2-10-35-14-18;31-23-17(6-2-10-35-23)27(39)43-14-20-21(45-26(38)16-5-1-9-34-13-16)22(46-29(41)19-8-4-12-37-25(19)33)30(42,47-20)15-44-28(40)18-7-3-11-36-24(18)32/h2-13,21-23,43H,1,14-15H2;2-14,22-24,42H,1,15-16H2;1-13,20-22,42H,14-15H2/t21-,22-,23+,31-;22-,23-,24+,31-;20-,21-,22+,30-/m111/s1. The first-order chi connectivity index (χ1) is 68.1. The number of halogens is 10. The number of hydrogen-bond acceptors (Lipinski definition) is 40. The van der Waals surface area contributed by atoms with Crippen LogP contribution in [0.25, 0.3) is 11.5 Å². The van der Waals surface area contributed by atoms with Gasteiger partial charge in [-0.25, -0.2) is 97.8 Å². The highest BCUT2D eigenvalue weighted by Gasteiger charge is 2.64. The number of rotatable bonds is 32. The molecule has 0 spiro atoms. The molecule has 15 heterocycles. The average Bonchev–Trinajstić information content (AvgIpc) is 1.62. The van der Waals surface area contributed by atoms with Crippen LogP contribution in [-0.2, 0) is 71.1 Å². The lowest BCUT2D eigenvalue weighted by atomic mass is 10.0. The van der Waals surface area contributed by atoms with Gasteiger partial charge in [0.15, 0.2) is 36.6 Å². The second kappa shape index (κ2) is 46.2. The van der Waals surface area contributed by atoms with Gasteiger partial charge in [0.2, 0.25) is 76.8 Å². The first-order valence-electron chi connectivity index (χ1n) is 40.8. The zero-order valence-electron chi connectivity index (χ0n) is 72.0. The average molecular weight is 1980 g/mol. The van der Waals surface area contributed by atoms with E-state index in [0.29, 0.717) is 0 Å². The van der Waals surface area contributed by atoms with Crippen LogP contribution in [0.3, 0.4) is 0 Å². The summed E-state index contributed by atoms with van der Waals surface area (Å²) in [5.41, 5.74) is -5.75. The lowest BCUT2D eigenvalue weighted by Gasteiger charge is -2.30. The number of nitrogens with zero attached hydrogens (tertiary/aromatic N) is 12. The molecule has 0 aliphatic carbocycles. The lowest BCUT2D eigenvalue weighted by Crippen LogP contribution is -2.51. The normalized spacial score (nSPS) is 20.2. The fourth-order valence-corrected chi connectivity index (χ4v) is 13.2. The number of pyridine rings is 12. The van der Waals surface area contributed by atoms with Gasteiger partial charge in [0.05, 0.1) is 22.3 Å². The molecule has 40 nitrogen and oxygen atoms in total. The molecule has 0 unspecified atom stereocenters. The maximum absolute atomic E-state index is 14.4. The third-order valence-electron chi connectivity index (χ3n) is 20.0. The SMILES string of the molecule is C=C(OC[C@@]1(O)O[C@H](COC(=O)c2cccnc2)[C@@H](OC(=O)c2cccnc2F)[C@@H]1OC(=O)c1cccnc1F)c1cccnc1F.C=C(OC[C@@]1(O)O[C@H](COC(=O)c2cccnc2F)[C@@H](OC(=O)c2cccnc2F)[C@@H]1OC(=O)c1cccnc1F)c1cccnc1F.O=C(O[C@@H]1[C@@H](COC(=O)c2cccnc2F)O[C@](O)(COC(=O)c2cccnc2F)[C@H]1OC(=O)c1cccnc1F)c1cccnc1. The second-order valence-electron chi connectivity index (χ2n) is 29.3. The van der Waals surface area contributed by atoms with E-state index in [1.54, 1.807) is 0 Å². The topological polar surface area (TPSA) is 525 Å². The minimum absolute atomic E-state index is 0.0277. The number of hydrogen-bond donors (Lipinski definition) is 3. The van der Waals surface area contributed by atoms with Crippen LogP contribution < -0.4 is 0 Å². The van der Waals surface area contributed by atoms with Crippen LogP contribution in [0, 0.1) is 59.5 Å². The first kappa shape index (κ1) is 102. The van der Waals surface area contributed by atoms with Crippen molar-refractivity contribution < 1.29 is 178 Å². The molecule has 15 rings (SSSR count). The summed E-state index contributed by atoms with van der Waals surface area (Å²) in [5, 5.41) is 35.1. The van der Waals surface area contributed by atoms with E-state index >= 15 is 0 Å². The van der Waals surface area contributed by atoms with Crippen molar-refractivity contribution in [3.05, 3.63) is 372 Å². The van der Waals surface area contributed by atoms with E-state index < -0.39 is 276 Å². The van der Waals surface area contributed by atoms with Crippen molar-refractivity contribution >= 4 is 71.2 Å². The minimum atomic E-state index is -2.90. The van der Waals surface area contributed by atoms with Crippen LogP contribution in [0.15, 0.2) is 246 Å². The van der Waals surface area contributed by atoms with E-state index in [4.69, 9.17) is 71.1 Å². The summed E-state index contributed by atoms with van der Waals surface area (Å²) in [5.74, 6) is -33.8. The first-order valence-corrected chi connectivity index (χ1v) is 40.8. The molecule has 0 bridgehead atoms. The maximum Gasteiger partial charge on any atom is 0.343 e. The smallest absolute Gasteiger partial charge is 0.343 e. The molecule has 142 heavy (non-hydrogen) atoms. The monoisotopic (exact) mass is 1980 g/mol. The van der Waals surface area contributed by atoms with Crippen molar-refractivity contribution in [2.24, 2.45) is 0 Å². The van der Waals surface area contributed by atoms with Crippen molar-refractivity contribution in [3.8, 4) is 0 Å². The van der Waals surface area contributed by atoms with Gasteiger partial charge in [-0.2, -0.15) is 43.9 Å². The quantitative estimate of drug-likeness (QED) is 0.0117. The summed E-state index contributed by atoms with van der Waals surface area (Å²) in [4.78, 5) is 171. The molecule has 12 aromatic rings. The van der Waals surface area contributed by atoms with E-state index in [1.165, 1.54) is 122 Å². The fraction of sp³-hybridized carbons (Fsp3) is 0.196. The molecule has 3 fully saturated rings. The molecule has 0 amide bonds. The molecule has 12 aromatic heterocycles. The number of aliphatic hydroxyl groups is 3. The number of carbonyl (C=O) groups excluding carboxylic acids is 10. The highest BCUT2D eigenvalue weighted by Crippen LogP contribution is 2.41. The Morgan fingerprint density at radius 2 is 0.465 bits per heavy atom. The van der Waals surface area contributed by atoms with Crippen molar-refractivity contribution in [1.29, 1.82) is 0 Å². The van der Waals surface area contributed by atoms with E-state index in [0.717, 1.165) is 110 Å². The number of ether oxygens (including phenoxy) is 15. The highest BCUT2D eigenvalue weighted by molar-refractivity contribution is 5.94. The number of carbonyl (C=O) groups is 10. The molecule has 3 N–H and O–H groups in total. The van der Waals surface area contributed by atoms with Gasteiger partial charge in [-0.15, -0.1) is 0 Å². The third-order valence-corrected chi connectivity index (χ3v) is 20.0. The van der Waals surface area contributed by atoms with Crippen LogP contribution in [-0.4, -0.2) is 247 Å². The Morgan fingerprint density at radius 3 is 0.711 bits per heavy atom. The molecular formula is C92H66F10N12O28. The summed E-state index contributed by atoms with van der Waals surface area (Å²) in [6, 6.07) is 29.0. The van der Waals surface area contributed by atoms with Gasteiger partial charge in [0, 0.05) is 86.8 Å². The van der Waals surface area contributed by atoms with Gasteiger partial charge < -0.3 is 86.4 Å². The third kappa shape index (κ3) is 24.8. The molecule has 0 saturated carbocycles. The zero-order valence-corrected chi connectivity index (χ0v) is 72.0. The van der Waals surface area contributed by atoms with Crippen molar-refractivity contribution in [2.45, 2.75) is 72.3 Å². The van der Waals surface area contributed by atoms with Gasteiger partial charge in [-0.05, 0) is 146 Å². The van der Waals surface area contributed by atoms with E-state index in [9.17, 15) is 107 Å². The van der Waals surface area contributed by atoms with Gasteiger partial charge in [-0.3, -0.25) is 9.97 Å². The molecule has 732 valence electrons. The van der Waals surface area contributed by atoms with Gasteiger partial charge >= 0.3 is 59.7 Å². The Kier molecular flexibility index (Phi) is 33.2. The Morgan fingerprint density at radius 1 is 0.261 bits per heavy atom. The zero-order chi connectivity index (χ0) is 102. The van der Waals surface area contributed by atoms with Crippen LogP contribution in [0.5, 0.6) is 0 Å². The molecule has 0 aromatic carbocycles. The van der Waals surface area contributed by atoms with Crippen molar-refractivity contribution in [3.63, 3.8) is 0 Å². The molecule has 3 aliphatic rings. The summed E-state index contributed by atoms with van der Waals surface area (Å²) >= 11 is 0. The summed E-state index contributed by atoms with van der Waals surface area (Å²) in [6.07, 6.45) is -1.11. The Hall–Kier alpha value is -17.4. The maximum atomic E-state index is 14.4. The van der Waals surface area contributed by atoms with Crippen molar-refractivity contribution in [2.75, 3.05) is 39.6 Å². The second-order valence-corrected chi connectivity index (χ2v) is 29.3. The predicted octanol–water partition coefficient (Wildman–Crippen LogP) is 8.51. The molecule has 3 aliphatic heterocycles. The van der Waals surface area contributed by atoms with E-state index in [-0.39, 0.29) is 33.8 Å². The van der Waals surface area contributed by atoms with Crippen LogP contribution in [0.2, 0.25) is 0 Å². The van der Waals surface area contributed by atoms with Crippen LogP contribution in [0.4, 0.5) is 43.9 Å². The Bertz CT molecular complexity index is 6710. The summed E-state index contributed by atoms with van der Waals surface area (Å²) < 4.78 is 224. The highest BCUT2D eigenvalue weighted by atomic mass is 19.2. The Balaban J connectivity index is 0.000000179. The fourth-order valence-electron chi connectivity index (χ4n) is 13.2. The lowest BCUT2D eigenvalue weighted by molar-refractivity contribution is -0.247. The summed E-state index contributed by atoms with van der Waals surface area (Å²) in [7, 11) is 0. The van der Waals surface area contributed by atoms with E-state index in [2.05, 4.69) is 73.0 Å². The molecule has 50 heteroatoms. The number of aromatic nitrogens is 12. The van der Waals surface area contributed by atoms with Gasteiger partial charge in [0.1, 0.15) is 114 Å². The number of esters is 10. The van der Waals surface area contributed by atoms with Gasteiger partial charge in [-0.1, -0.05) is 13.2 Å². The van der Waals surface area contributed by atoms with Crippen LogP contribution in [0.1, 0.15) is 115 Å². The predicted molar refractivity (Wildman–Crippen MR) is 446 cm³/mol. The largest absolute Gasteiger partial charge is 0.488 e. The molecule has 3 saturated heterocycles. The Labute approximate surface area is 789 Å². The molecular weight excluding hydrogens is 1910 g/mol. The van der Waals surface area contributed by atoms with E-state index in [1.807, 2.05) is 0 Å².